The van der Waals surface area contributed by atoms with Gasteiger partial charge < -0.3 is 50.0 Å². The summed E-state index contributed by atoms with van der Waals surface area (Å²) in [4.78, 5) is 0. The average molecular weight is 326 g/mol. The van der Waals surface area contributed by atoms with Crippen LogP contribution in [-0.4, -0.2) is 111 Å². The molecule has 0 unspecified atom stereocenters. The summed E-state index contributed by atoms with van der Waals surface area (Å²) in [5.41, 5.74) is 0. The van der Waals surface area contributed by atoms with Gasteiger partial charge in [-0.3, -0.25) is 0 Å². The van der Waals surface area contributed by atoms with Crippen LogP contribution >= 0.6 is 0 Å². The fourth-order valence-corrected chi connectivity index (χ4v) is 2.41. The molecule has 10 heteroatoms. The molecule has 9 atom stereocenters. The van der Waals surface area contributed by atoms with E-state index in [0.29, 0.717) is 0 Å². The van der Waals surface area contributed by atoms with Crippen molar-refractivity contribution in [3.05, 3.63) is 0 Å². The Labute approximate surface area is 126 Å². The van der Waals surface area contributed by atoms with Crippen LogP contribution in [0.3, 0.4) is 0 Å². The van der Waals surface area contributed by atoms with E-state index in [9.17, 15) is 30.6 Å². The maximum absolute atomic E-state index is 9.78. The molecule has 0 saturated carbocycles. The highest BCUT2D eigenvalue weighted by molar-refractivity contribution is 4.90. The number of aliphatic hydroxyl groups is 7. The molecule has 22 heavy (non-hydrogen) atoms. The molecule has 10 nitrogen and oxygen atoms in total. The fraction of sp³-hybridized carbons (Fsp3) is 1.00. The molecule has 2 aliphatic rings. The minimum Gasteiger partial charge on any atom is -0.394 e. The second-order valence-electron chi connectivity index (χ2n) is 5.45. The van der Waals surface area contributed by atoms with Crippen LogP contribution in [0.4, 0.5) is 0 Å². The third-order valence-corrected chi connectivity index (χ3v) is 3.88. The van der Waals surface area contributed by atoms with Crippen molar-refractivity contribution in [2.45, 2.75) is 55.1 Å². The van der Waals surface area contributed by atoms with E-state index < -0.39 is 61.7 Å². The van der Waals surface area contributed by atoms with Gasteiger partial charge in [0, 0.05) is 0 Å². The van der Waals surface area contributed by atoms with Gasteiger partial charge in [-0.25, -0.2) is 0 Å². The van der Waals surface area contributed by atoms with Gasteiger partial charge in [0.25, 0.3) is 0 Å². The van der Waals surface area contributed by atoms with E-state index in [1.165, 1.54) is 0 Å². The fourth-order valence-electron chi connectivity index (χ4n) is 2.41. The third-order valence-electron chi connectivity index (χ3n) is 3.88. The molecule has 0 amide bonds. The van der Waals surface area contributed by atoms with E-state index in [2.05, 4.69) is 0 Å². The molecule has 0 aromatic rings. The van der Waals surface area contributed by atoms with Crippen LogP contribution in [-0.2, 0) is 14.2 Å². The van der Waals surface area contributed by atoms with Crippen LogP contribution in [0.25, 0.3) is 0 Å². The summed E-state index contributed by atoms with van der Waals surface area (Å²) in [5, 5.41) is 66.7. The Hall–Kier alpha value is -0.400. The molecule has 0 aliphatic carbocycles. The van der Waals surface area contributed by atoms with E-state index in [0.717, 1.165) is 0 Å². The zero-order valence-corrected chi connectivity index (χ0v) is 11.7. The van der Waals surface area contributed by atoms with Gasteiger partial charge in [-0.15, -0.1) is 0 Å². The molecule has 0 radical (unpaired) electrons. The van der Waals surface area contributed by atoms with Crippen molar-refractivity contribution in [1.82, 2.24) is 0 Å². The Bertz CT molecular complexity index is 353. The highest BCUT2D eigenvalue weighted by Crippen LogP contribution is 2.23. The van der Waals surface area contributed by atoms with E-state index in [4.69, 9.17) is 19.3 Å². The molecular weight excluding hydrogens is 304 g/mol. The smallest absolute Gasteiger partial charge is 0.186 e. The third kappa shape index (κ3) is 3.57. The molecule has 0 bridgehead atoms. The predicted molar refractivity (Wildman–Crippen MR) is 67.5 cm³/mol. The lowest BCUT2D eigenvalue weighted by molar-refractivity contribution is -0.310. The molecule has 7 N–H and O–H groups in total. The van der Waals surface area contributed by atoms with Gasteiger partial charge in [0.05, 0.1) is 19.8 Å². The Morgan fingerprint density at radius 3 is 2.09 bits per heavy atom. The molecule has 2 heterocycles. The standard InChI is InChI=1S/C12H22O10/c13-1-5-8(16)10(18)11(19)12(22-5)21-3-6-9(17)7(15)4(14)2-20-6/h4-19H,1-3H2/t4-,5+,6+,7+,8+,9+,10-,11+,12+/m0/s1. The Morgan fingerprint density at radius 1 is 0.818 bits per heavy atom. The summed E-state index contributed by atoms with van der Waals surface area (Å²) in [5.74, 6) is 0. The summed E-state index contributed by atoms with van der Waals surface area (Å²) < 4.78 is 15.4. The Morgan fingerprint density at radius 2 is 1.45 bits per heavy atom. The van der Waals surface area contributed by atoms with Crippen LogP contribution in [0, 0.1) is 0 Å². The molecule has 2 fully saturated rings. The molecule has 0 spiro atoms. The van der Waals surface area contributed by atoms with Crippen LogP contribution in [0.1, 0.15) is 0 Å². The highest BCUT2D eigenvalue weighted by atomic mass is 16.7. The van der Waals surface area contributed by atoms with Gasteiger partial charge in [-0.2, -0.15) is 0 Å². The molecule has 0 aromatic heterocycles. The highest BCUT2D eigenvalue weighted by Gasteiger charge is 2.45. The van der Waals surface area contributed by atoms with Gasteiger partial charge in [0.1, 0.15) is 48.8 Å². The topological polar surface area (TPSA) is 169 Å². The molecule has 2 rings (SSSR count). The largest absolute Gasteiger partial charge is 0.394 e. The number of aliphatic hydroxyl groups excluding tert-OH is 7. The number of hydrogen-bond donors (Lipinski definition) is 7. The lowest BCUT2D eigenvalue weighted by Gasteiger charge is -2.41. The zero-order chi connectivity index (χ0) is 16.4. The van der Waals surface area contributed by atoms with Crippen molar-refractivity contribution in [2.24, 2.45) is 0 Å². The molecule has 2 aliphatic heterocycles. The summed E-state index contributed by atoms with van der Waals surface area (Å²) in [6.07, 6.45) is -12.0. The number of hydrogen-bond acceptors (Lipinski definition) is 10. The average Bonchev–Trinajstić information content (AvgIpc) is 2.51. The van der Waals surface area contributed by atoms with Crippen LogP contribution in [0.2, 0.25) is 0 Å². The zero-order valence-electron chi connectivity index (χ0n) is 11.7. The molecule has 2 saturated heterocycles. The summed E-state index contributed by atoms with van der Waals surface area (Å²) in [6, 6.07) is 0. The monoisotopic (exact) mass is 326 g/mol. The minimum absolute atomic E-state index is 0.194. The summed E-state index contributed by atoms with van der Waals surface area (Å²) in [6.45, 7) is -1.08. The van der Waals surface area contributed by atoms with Crippen LogP contribution in [0.5, 0.6) is 0 Å². The first-order chi connectivity index (χ1) is 10.4. The lowest BCUT2D eigenvalue weighted by atomic mass is 9.99. The minimum atomic E-state index is -1.57. The number of rotatable bonds is 4. The van der Waals surface area contributed by atoms with Gasteiger partial charge in [0.2, 0.25) is 0 Å². The molecular formula is C12H22O10. The van der Waals surface area contributed by atoms with Gasteiger partial charge in [-0.05, 0) is 0 Å². The molecule has 130 valence electrons. The van der Waals surface area contributed by atoms with Crippen LogP contribution < -0.4 is 0 Å². The lowest BCUT2D eigenvalue weighted by Crippen LogP contribution is -2.60. The van der Waals surface area contributed by atoms with Crippen molar-refractivity contribution in [3.63, 3.8) is 0 Å². The number of ether oxygens (including phenoxy) is 3. The van der Waals surface area contributed by atoms with E-state index in [-0.39, 0.29) is 13.2 Å². The molecule has 0 aromatic carbocycles. The summed E-state index contributed by atoms with van der Waals surface area (Å²) >= 11 is 0. The van der Waals surface area contributed by atoms with Crippen molar-refractivity contribution in [1.29, 1.82) is 0 Å². The van der Waals surface area contributed by atoms with Gasteiger partial charge >= 0.3 is 0 Å². The van der Waals surface area contributed by atoms with E-state index >= 15 is 0 Å². The first-order valence-corrected chi connectivity index (χ1v) is 6.94. The van der Waals surface area contributed by atoms with Crippen molar-refractivity contribution in [2.75, 3.05) is 19.8 Å². The Kier molecular flexibility index (Phi) is 6.07. The maximum Gasteiger partial charge on any atom is 0.186 e. The van der Waals surface area contributed by atoms with Crippen molar-refractivity contribution >= 4 is 0 Å². The first kappa shape index (κ1) is 17.9. The van der Waals surface area contributed by atoms with E-state index in [1.54, 1.807) is 0 Å². The second kappa shape index (κ2) is 7.45. The predicted octanol–water partition coefficient (Wildman–Crippen LogP) is -4.72. The normalized spacial score (nSPS) is 50.0. The SMILES string of the molecule is OC[C@H]1O[C@@H](OC[C@H]2OC[C@H](O)[C@@H](O)[C@@H]2O)[C@H](O)[C@@H](O)[C@@H]1O. The maximum atomic E-state index is 9.78. The van der Waals surface area contributed by atoms with Crippen LogP contribution in [0.15, 0.2) is 0 Å². The summed E-state index contributed by atoms with van der Waals surface area (Å²) in [7, 11) is 0. The van der Waals surface area contributed by atoms with Gasteiger partial charge in [-0.1, -0.05) is 0 Å². The van der Waals surface area contributed by atoms with E-state index in [1.807, 2.05) is 0 Å². The van der Waals surface area contributed by atoms with Gasteiger partial charge in [0.15, 0.2) is 6.29 Å². The Balaban J connectivity index is 1.90. The quantitative estimate of drug-likeness (QED) is 0.266. The second-order valence-corrected chi connectivity index (χ2v) is 5.45. The van der Waals surface area contributed by atoms with Crippen molar-refractivity contribution < 1.29 is 50.0 Å². The van der Waals surface area contributed by atoms with Crippen molar-refractivity contribution in [3.8, 4) is 0 Å². The first-order valence-electron chi connectivity index (χ1n) is 6.94.